The van der Waals surface area contributed by atoms with Gasteiger partial charge in [-0.3, -0.25) is 14.8 Å². The van der Waals surface area contributed by atoms with E-state index in [0.717, 1.165) is 0 Å². The highest BCUT2D eigenvalue weighted by molar-refractivity contribution is 5.90. The van der Waals surface area contributed by atoms with Crippen molar-refractivity contribution in [1.82, 2.24) is 25.0 Å². The SMILES string of the molecule is Cc1nc(C(=O)N2CCN(CC(F)(F)F)CC2)n[nH]1. The van der Waals surface area contributed by atoms with Crippen molar-refractivity contribution >= 4 is 5.91 Å². The standard InChI is InChI=1S/C10H14F3N5O/c1-7-14-8(16-15-7)9(19)18-4-2-17(3-5-18)6-10(11,12)13/h2-6H2,1H3,(H,14,15,16). The molecule has 2 heterocycles. The molecule has 9 heteroatoms. The van der Waals surface area contributed by atoms with Gasteiger partial charge in [0.2, 0.25) is 5.82 Å². The van der Waals surface area contributed by atoms with Crippen LogP contribution in [-0.2, 0) is 0 Å². The van der Waals surface area contributed by atoms with Crippen LogP contribution in [0.1, 0.15) is 16.4 Å². The number of hydrogen-bond acceptors (Lipinski definition) is 4. The Morgan fingerprint density at radius 2 is 1.95 bits per heavy atom. The van der Waals surface area contributed by atoms with Gasteiger partial charge in [-0.25, -0.2) is 4.98 Å². The third-order valence-corrected chi connectivity index (χ3v) is 2.85. The van der Waals surface area contributed by atoms with Gasteiger partial charge in [0.15, 0.2) is 0 Å². The monoisotopic (exact) mass is 277 g/mol. The molecule has 0 unspecified atom stereocenters. The molecule has 0 saturated carbocycles. The Bertz CT molecular complexity index is 450. The number of amides is 1. The highest BCUT2D eigenvalue weighted by atomic mass is 19.4. The quantitative estimate of drug-likeness (QED) is 0.851. The van der Waals surface area contributed by atoms with Gasteiger partial charge in [0.1, 0.15) is 5.82 Å². The number of piperazine rings is 1. The summed E-state index contributed by atoms with van der Waals surface area (Å²) >= 11 is 0. The Kier molecular flexibility index (Phi) is 3.74. The normalized spacial score (nSPS) is 17.8. The summed E-state index contributed by atoms with van der Waals surface area (Å²) in [5.41, 5.74) is 0. The molecule has 0 spiro atoms. The minimum absolute atomic E-state index is 0.0572. The average Bonchev–Trinajstić information content (AvgIpc) is 2.74. The van der Waals surface area contributed by atoms with Crippen molar-refractivity contribution in [3.05, 3.63) is 11.6 Å². The molecule has 0 atom stereocenters. The first-order valence-corrected chi connectivity index (χ1v) is 5.82. The Balaban J connectivity index is 1.88. The molecule has 106 valence electrons. The Morgan fingerprint density at radius 3 is 2.42 bits per heavy atom. The fraction of sp³-hybridized carbons (Fsp3) is 0.700. The first-order valence-electron chi connectivity index (χ1n) is 5.82. The topological polar surface area (TPSA) is 65.1 Å². The molecule has 0 radical (unpaired) electrons. The van der Waals surface area contributed by atoms with E-state index in [0.29, 0.717) is 5.82 Å². The first kappa shape index (κ1) is 13.8. The number of aryl methyl sites for hydroxylation is 1. The molecule has 2 rings (SSSR count). The molecule has 0 aliphatic carbocycles. The van der Waals surface area contributed by atoms with E-state index in [9.17, 15) is 18.0 Å². The van der Waals surface area contributed by atoms with E-state index >= 15 is 0 Å². The highest BCUT2D eigenvalue weighted by Gasteiger charge is 2.33. The highest BCUT2D eigenvalue weighted by Crippen LogP contribution is 2.17. The van der Waals surface area contributed by atoms with Crippen molar-refractivity contribution < 1.29 is 18.0 Å². The van der Waals surface area contributed by atoms with Crippen LogP contribution >= 0.6 is 0 Å². The molecule has 1 amide bonds. The molecule has 1 saturated heterocycles. The second kappa shape index (κ2) is 5.16. The Labute approximate surface area is 107 Å². The van der Waals surface area contributed by atoms with Gasteiger partial charge in [-0.2, -0.15) is 13.2 Å². The van der Waals surface area contributed by atoms with Crippen LogP contribution < -0.4 is 0 Å². The maximum absolute atomic E-state index is 12.2. The summed E-state index contributed by atoms with van der Waals surface area (Å²) < 4.78 is 36.7. The smallest absolute Gasteiger partial charge is 0.333 e. The van der Waals surface area contributed by atoms with Gasteiger partial charge in [-0.15, -0.1) is 5.10 Å². The van der Waals surface area contributed by atoms with E-state index in [1.165, 1.54) is 9.80 Å². The molecular formula is C10H14F3N5O. The maximum atomic E-state index is 12.2. The van der Waals surface area contributed by atoms with Crippen LogP contribution in [0.25, 0.3) is 0 Å². The second-order valence-electron chi connectivity index (χ2n) is 4.43. The van der Waals surface area contributed by atoms with Crippen molar-refractivity contribution in [1.29, 1.82) is 0 Å². The summed E-state index contributed by atoms with van der Waals surface area (Å²) in [6.45, 7) is 1.65. The van der Waals surface area contributed by atoms with E-state index in [-0.39, 0.29) is 37.9 Å². The zero-order valence-corrected chi connectivity index (χ0v) is 10.4. The minimum Gasteiger partial charge on any atom is -0.333 e. The van der Waals surface area contributed by atoms with Gasteiger partial charge in [-0.05, 0) is 6.92 Å². The second-order valence-corrected chi connectivity index (χ2v) is 4.43. The molecule has 1 fully saturated rings. The number of hydrogen-bond donors (Lipinski definition) is 1. The number of carbonyl (C=O) groups is 1. The maximum Gasteiger partial charge on any atom is 0.401 e. The van der Waals surface area contributed by atoms with Crippen LogP contribution in [-0.4, -0.2) is 69.8 Å². The number of nitrogens with one attached hydrogen (secondary N) is 1. The summed E-state index contributed by atoms with van der Waals surface area (Å²) in [6, 6.07) is 0. The fourth-order valence-corrected chi connectivity index (χ4v) is 1.94. The largest absolute Gasteiger partial charge is 0.401 e. The van der Waals surface area contributed by atoms with Crippen molar-refractivity contribution in [2.75, 3.05) is 32.7 Å². The van der Waals surface area contributed by atoms with Crippen molar-refractivity contribution in [3.63, 3.8) is 0 Å². The molecule has 0 bridgehead atoms. The summed E-state index contributed by atoms with van der Waals surface area (Å²) in [7, 11) is 0. The molecule has 1 aliphatic heterocycles. The number of nitrogens with zero attached hydrogens (tertiary/aromatic N) is 4. The number of carbonyl (C=O) groups excluding carboxylic acids is 1. The summed E-state index contributed by atoms with van der Waals surface area (Å²) in [4.78, 5) is 18.6. The van der Waals surface area contributed by atoms with Crippen LogP contribution in [0.2, 0.25) is 0 Å². The van der Waals surface area contributed by atoms with E-state index in [1.54, 1.807) is 6.92 Å². The van der Waals surface area contributed by atoms with Gasteiger partial charge >= 0.3 is 6.18 Å². The van der Waals surface area contributed by atoms with Crippen molar-refractivity contribution in [2.24, 2.45) is 0 Å². The lowest BCUT2D eigenvalue weighted by Gasteiger charge is -2.34. The van der Waals surface area contributed by atoms with Crippen LogP contribution in [0.5, 0.6) is 0 Å². The average molecular weight is 277 g/mol. The molecule has 1 N–H and O–H groups in total. The van der Waals surface area contributed by atoms with E-state index in [2.05, 4.69) is 15.2 Å². The van der Waals surface area contributed by atoms with Crippen molar-refractivity contribution in [3.8, 4) is 0 Å². The summed E-state index contributed by atoms with van der Waals surface area (Å²) in [6.07, 6.45) is -4.20. The summed E-state index contributed by atoms with van der Waals surface area (Å²) in [5, 5.41) is 6.31. The van der Waals surface area contributed by atoms with Crippen LogP contribution in [0.3, 0.4) is 0 Å². The number of aromatic nitrogens is 3. The molecular weight excluding hydrogens is 263 g/mol. The van der Waals surface area contributed by atoms with E-state index < -0.39 is 12.7 Å². The van der Waals surface area contributed by atoms with E-state index in [4.69, 9.17) is 0 Å². The Morgan fingerprint density at radius 1 is 1.32 bits per heavy atom. The number of halogens is 3. The predicted octanol–water partition coefficient (Wildman–Crippen LogP) is 0.433. The predicted molar refractivity (Wildman–Crippen MR) is 59.5 cm³/mol. The Hall–Kier alpha value is -1.64. The zero-order valence-electron chi connectivity index (χ0n) is 10.4. The molecule has 1 aliphatic rings. The third-order valence-electron chi connectivity index (χ3n) is 2.85. The van der Waals surface area contributed by atoms with Gasteiger partial charge in [-0.1, -0.05) is 0 Å². The number of aromatic amines is 1. The summed E-state index contributed by atoms with van der Waals surface area (Å²) in [5.74, 6) is 0.233. The number of H-pyrrole nitrogens is 1. The third kappa shape index (κ3) is 3.66. The molecule has 6 nitrogen and oxygen atoms in total. The van der Waals surface area contributed by atoms with Crippen molar-refractivity contribution in [2.45, 2.75) is 13.1 Å². The lowest BCUT2D eigenvalue weighted by molar-refractivity contribution is -0.148. The molecule has 1 aromatic rings. The lowest BCUT2D eigenvalue weighted by atomic mass is 10.3. The van der Waals surface area contributed by atoms with Crippen LogP contribution in [0, 0.1) is 6.92 Å². The number of alkyl halides is 3. The lowest BCUT2D eigenvalue weighted by Crippen LogP contribution is -2.51. The van der Waals surface area contributed by atoms with E-state index in [1.807, 2.05) is 0 Å². The van der Waals surface area contributed by atoms with Gasteiger partial charge in [0.25, 0.3) is 5.91 Å². The zero-order chi connectivity index (χ0) is 14.0. The fourth-order valence-electron chi connectivity index (χ4n) is 1.94. The molecule has 19 heavy (non-hydrogen) atoms. The minimum atomic E-state index is -4.20. The van der Waals surface area contributed by atoms with Gasteiger partial charge in [0.05, 0.1) is 6.54 Å². The van der Waals surface area contributed by atoms with Gasteiger partial charge in [0, 0.05) is 26.2 Å². The number of rotatable bonds is 2. The van der Waals surface area contributed by atoms with Gasteiger partial charge < -0.3 is 4.90 Å². The van der Waals surface area contributed by atoms with Crippen LogP contribution in [0.4, 0.5) is 13.2 Å². The molecule has 0 aromatic carbocycles. The first-order chi connectivity index (χ1) is 8.85. The van der Waals surface area contributed by atoms with Crippen LogP contribution in [0.15, 0.2) is 0 Å². The molecule has 1 aromatic heterocycles.